The van der Waals surface area contributed by atoms with Crippen LogP contribution in [-0.2, 0) is 0 Å². The minimum atomic E-state index is 0.672. The molecule has 78 valence electrons. The van der Waals surface area contributed by atoms with Crippen molar-refractivity contribution in [2.75, 3.05) is 11.9 Å². The lowest BCUT2D eigenvalue weighted by molar-refractivity contribution is 0.784. The Hall–Kier alpha value is -1.56. The summed E-state index contributed by atoms with van der Waals surface area (Å²) in [7, 11) is 0. The Kier molecular flexibility index (Phi) is 2.59. The summed E-state index contributed by atoms with van der Waals surface area (Å²) >= 11 is 0. The highest BCUT2D eigenvalue weighted by molar-refractivity contribution is 5.55. The zero-order chi connectivity index (χ0) is 10.8. The summed E-state index contributed by atoms with van der Waals surface area (Å²) < 4.78 is 0. The summed E-state index contributed by atoms with van der Waals surface area (Å²) in [6, 6.07) is 4.06. The SMILES string of the molecule is Cc1ccnc(NCC2CC2C)c1C#N. The van der Waals surface area contributed by atoms with E-state index in [9.17, 15) is 0 Å². The van der Waals surface area contributed by atoms with Gasteiger partial charge < -0.3 is 5.32 Å². The lowest BCUT2D eigenvalue weighted by Gasteiger charge is -2.07. The summed E-state index contributed by atoms with van der Waals surface area (Å²) in [4.78, 5) is 4.20. The first-order valence-corrected chi connectivity index (χ1v) is 5.32. The topological polar surface area (TPSA) is 48.7 Å². The lowest BCUT2D eigenvalue weighted by atomic mass is 10.1. The molecule has 1 aliphatic rings. The van der Waals surface area contributed by atoms with E-state index >= 15 is 0 Å². The van der Waals surface area contributed by atoms with Gasteiger partial charge >= 0.3 is 0 Å². The molecule has 1 aliphatic carbocycles. The van der Waals surface area contributed by atoms with Crippen molar-refractivity contribution in [2.45, 2.75) is 20.3 Å². The Labute approximate surface area is 90.1 Å². The molecular formula is C12H15N3. The fourth-order valence-electron chi connectivity index (χ4n) is 1.74. The molecule has 1 aromatic heterocycles. The van der Waals surface area contributed by atoms with Crippen LogP contribution in [0.1, 0.15) is 24.5 Å². The van der Waals surface area contributed by atoms with Gasteiger partial charge in [-0.15, -0.1) is 0 Å². The molecular weight excluding hydrogens is 186 g/mol. The van der Waals surface area contributed by atoms with E-state index in [1.165, 1.54) is 6.42 Å². The molecule has 3 nitrogen and oxygen atoms in total. The van der Waals surface area contributed by atoms with Gasteiger partial charge in [0.1, 0.15) is 11.9 Å². The molecule has 15 heavy (non-hydrogen) atoms. The highest BCUT2D eigenvalue weighted by Crippen LogP contribution is 2.37. The van der Waals surface area contributed by atoms with Crippen molar-refractivity contribution >= 4 is 5.82 Å². The molecule has 0 spiro atoms. The fraction of sp³-hybridized carbons (Fsp3) is 0.500. The van der Waals surface area contributed by atoms with Gasteiger partial charge in [0.25, 0.3) is 0 Å². The first-order chi connectivity index (χ1) is 7.22. The second-order valence-electron chi connectivity index (χ2n) is 4.32. The van der Waals surface area contributed by atoms with Gasteiger partial charge in [-0.1, -0.05) is 6.92 Å². The van der Waals surface area contributed by atoms with Crippen molar-refractivity contribution in [3.05, 3.63) is 23.4 Å². The highest BCUT2D eigenvalue weighted by atomic mass is 15.0. The third-order valence-corrected chi connectivity index (χ3v) is 3.08. The maximum absolute atomic E-state index is 9.00. The van der Waals surface area contributed by atoms with Crippen LogP contribution < -0.4 is 5.32 Å². The third-order valence-electron chi connectivity index (χ3n) is 3.08. The summed E-state index contributed by atoms with van der Waals surface area (Å²) in [6.07, 6.45) is 3.04. The van der Waals surface area contributed by atoms with Gasteiger partial charge in [0.2, 0.25) is 0 Å². The molecule has 0 aromatic carbocycles. The Morgan fingerprint density at radius 3 is 3.00 bits per heavy atom. The van der Waals surface area contributed by atoms with E-state index in [2.05, 4.69) is 23.3 Å². The smallest absolute Gasteiger partial charge is 0.144 e. The van der Waals surface area contributed by atoms with Crippen molar-refractivity contribution < 1.29 is 0 Å². The number of rotatable bonds is 3. The van der Waals surface area contributed by atoms with E-state index in [1.54, 1.807) is 6.20 Å². The van der Waals surface area contributed by atoms with Crippen LogP contribution in [0.25, 0.3) is 0 Å². The summed E-state index contributed by atoms with van der Waals surface area (Å²) in [6.45, 7) is 5.12. The fourth-order valence-corrected chi connectivity index (χ4v) is 1.74. The second-order valence-corrected chi connectivity index (χ2v) is 4.32. The van der Waals surface area contributed by atoms with Crippen molar-refractivity contribution in [2.24, 2.45) is 11.8 Å². The Bertz CT molecular complexity index is 406. The number of nitriles is 1. The molecule has 2 atom stereocenters. The molecule has 0 saturated heterocycles. The molecule has 1 aromatic rings. The minimum Gasteiger partial charge on any atom is -0.369 e. The summed E-state index contributed by atoms with van der Waals surface area (Å²) in [5.74, 6) is 2.32. The Morgan fingerprint density at radius 1 is 1.67 bits per heavy atom. The van der Waals surface area contributed by atoms with Gasteiger partial charge in [0.15, 0.2) is 0 Å². The van der Waals surface area contributed by atoms with Crippen LogP contribution in [0.2, 0.25) is 0 Å². The van der Waals surface area contributed by atoms with Gasteiger partial charge in [-0.2, -0.15) is 5.26 Å². The molecule has 0 aliphatic heterocycles. The van der Waals surface area contributed by atoms with E-state index in [0.717, 1.165) is 29.8 Å². The predicted octanol–water partition coefficient (Wildman–Crippen LogP) is 2.33. The van der Waals surface area contributed by atoms with Crippen LogP contribution in [0.15, 0.2) is 12.3 Å². The molecule has 1 saturated carbocycles. The lowest BCUT2D eigenvalue weighted by Crippen LogP contribution is -2.08. The Balaban J connectivity index is 2.07. The first-order valence-electron chi connectivity index (χ1n) is 5.32. The first kappa shape index (κ1) is 9.97. The molecule has 2 rings (SSSR count). The number of aryl methyl sites for hydroxylation is 1. The van der Waals surface area contributed by atoms with Crippen LogP contribution in [-0.4, -0.2) is 11.5 Å². The molecule has 0 amide bonds. The zero-order valence-corrected chi connectivity index (χ0v) is 9.12. The number of anilines is 1. The van der Waals surface area contributed by atoms with Crippen LogP contribution in [0.4, 0.5) is 5.82 Å². The molecule has 3 heteroatoms. The quantitative estimate of drug-likeness (QED) is 0.816. The van der Waals surface area contributed by atoms with Gasteiger partial charge in [0.05, 0.1) is 5.56 Å². The predicted molar refractivity (Wildman–Crippen MR) is 59.4 cm³/mol. The van der Waals surface area contributed by atoms with Gasteiger partial charge in [-0.25, -0.2) is 4.98 Å². The monoisotopic (exact) mass is 201 g/mol. The van der Waals surface area contributed by atoms with Gasteiger partial charge in [-0.3, -0.25) is 0 Å². The van der Waals surface area contributed by atoms with Crippen molar-refractivity contribution in [3.63, 3.8) is 0 Å². The van der Waals surface area contributed by atoms with Crippen LogP contribution >= 0.6 is 0 Å². The maximum Gasteiger partial charge on any atom is 0.144 e. The largest absolute Gasteiger partial charge is 0.369 e. The van der Waals surface area contributed by atoms with Crippen LogP contribution in [0.3, 0.4) is 0 Å². The molecule has 1 heterocycles. The van der Waals surface area contributed by atoms with E-state index in [4.69, 9.17) is 5.26 Å². The standard InChI is InChI=1S/C12H15N3/c1-8-3-4-14-12(11(8)6-13)15-7-10-5-9(10)2/h3-4,9-10H,5,7H2,1-2H3,(H,14,15). The number of hydrogen-bond acceptors (Lipinski definition) is 3. The van der Waals surface area contributed by atoms with Crippen molar-refractivity contribution in [1.82, 2.24) is 4.98 Å². The van der Waals surface area contributed by atoms with E-state index in [1.807, 2.05) is 13.0 Å². The maximum atomic E-state index is 9.00. The number of nitrogens with zero attached hydrogens (tertiary/aromatic N) is 2. The third kappa shape index (κ3) is 2.10. The average molecular weight is 201 g/mol. The highest BCUT2D eigenvalue weighted by Gasteiger charge is 2.32. The molecule has 0 radical (unpaired) electrons. The zero-order valence-electron chi connectivity index (χ0n) is 9.12. The van der Waals surface area contributed by atoms with Gasteiger partial charge in [0, 0.05) is 12.7 Å². The molecule has 1 fully saturated rings. The number of nitrogens with one attached hydrogen (secondary N) is 1. The average Bonchev–Trinajstić information content (AvgIpc) is 2.92. The van der Waals surface area contributed by atoms with E-state index in [-0.39, 0.29) is 0 Å². The number of hydrogen-bond donors (Lipinski definition) is 1. The number of aromatic nitrogens is 1. The molecule has 0 bridgehead atoms. The van der Waals surface area contributed by atoms with Crippen LogP contribution in [0.5, 0.6) is 0 Å². The Morgan fingerprint density at radius 2 is 2.40 bits per heavy atom. The van der Waals surface area contributed by atoms with Crippen molar-refractivity contribution in [3.8, 4) is 6.07 Å². The van der Waals surface area contributed by atoms with E-state index < -0.39 is 0 Å². The molecule has 1 N–H and O–H groups in total. The van der Waals surface area contributed by atoms with Crippen molar-refractivity contribution in [1.29, 1.82) is 5.26 Å². The van der Waals surface area contributed by atoms with Gasteiger partial charge in [-0.05, 0) is 36.8 Å². The second kappa shape index (κ2) is 3.90. The van der Waals surface area contributed by atoms with E-state index in [0.29, 0.717) is 5.56 Å². The normalized spacial score (nSPS) is 23.3. The minimum absolute atomic E-state index is 0.672. The number of pyridine rings is 1. The van der Waals surface area contributed by atoms with Crippen LogP contribution in [0, 0.1) is 30.1 Å². The summed E-state index contributed by atoms with van der Waals surface area (Å²) in [5, 5.41) is 12.3. The molecule has 2 unspecified atom stereocenters. The summed E-state index contributed by atoms with van der Waals surface area (Å²) in [5.41, 5.74) is 1.66.